The molecule has 2 aliphatic heterocycles. The number of carbonyl (C=O) groups excluding carboxylic acids is 1. The van der Waals surface area contributed by atoms with E-state index in [1.54, 1.807) is 4.90 Å². The largest absolute Gasteiger partial charge is 0.480 e. The number of nitrogens with zero attached hydrogens (tertiary/aromatic N) is 1. The zero-order valence-electron chi connectivity index (χ0n) is 11.1. The second-order valence-corrected chi connectivity index (χ2v) is 7.52. The van der Waals surface area contributed by atoms with Crippen molar-refractivity contribution in [1.82, 2.24) is 4.90 Å². The van der Waals surface area contributed by atoms with E-state index < -0.39 is 15.2 Å². The number of halogens is 1. The third-order valence-electron chi connectivity index (χ3n) is 3.59. The standard InChI is InChI=1S/C13H14ClNO5S/c14-21(17,18)10-1-2-11-9(7-10)8-12(20-11)13(16)15-3-5-19-6-4-15/h1-2,7,12H,3-6,8H2. The first-order valence-electron chi connectivity index (χ1n) is 6.56. The van der Waals surface area contributed by atoms with Gasteiger partial charge in [0.2, 0.25) is 0 Å². The van der Waals surface area contributed by atoms with Crippen LogP contribution in [-0.2, 0) is 25.0 Å². The van der Waals surface area contributed by atoms with Gasteiger partial charge in [0.15, 0.2) is 6.10 Å². The van der Waals surface area contributed by atoms with Crippen LogP contribution in [0.3, 0.4) is 0 Å². The van der Waals surface area contributed by atoms with Crippen LogP contribution in [0, 0.1) is 0 Å². The highest BCUT2D eigenvalue weighted by Crippen LogP contribution is 2.32. The molecule has 0 aromatic heterocycles. The van der Waals surface area contributed by atoms with Crippen molar-refractivity contribution in [3.8, 4) is 5.75 Å². The molecule has 3 rings (SSSR count). The van der Waals surface area contributed by atoms with Crippen molar-refractivity contribution in [1.29, 1.82) is 0 Å². The van der Waals surface area contributed by atoms with Gasteiger partial charge in [-0.1, -0.05) is 0 Å². The predicted octanol–water partition coefficient (Wildman–Crippen LogP) is 0.776. The van der Waals surface area contributed by atoms with E-state index in [4.69, 9.17) is 20.2 Å². The molecule has 0 bridgehead atoms. The smallest absolute Gasteiger partial charge is 0.264 e. The van der Waals surface area contributed by atoms with E-state index in [2.05, 4.69) is 0 Å². The number of ether oxygens (including phenoxy) is 2. The molecule has 1 unspecified atom stereocenters. The van der Waals surface area contributed by atoms with E-state index in [1.807, 2.05) is 0 Å². The van der Waals surface area contributed by atoms with Gasteiger partial charge in [-0.15, -0.1) is 0 Å². The predicted molar refractivity (Wildman–Crippen MR) is 75.0 cm³/mol. The third kappa shape index (κ3) is 3.00. The second kappa shape index (κ2) is 5.47. The number of benzene rings is 1. The maximum Gasteiger partial charge on any atom is 0.264 e. The van der Waals surface area contributed by atoms with E-state index >= 15 is 0 Å². The molecule has 8 heteroatoms. The van der Waals surface area contributed by atoms with E-state index in [1.165, 1.54) is 18.2 Å². The number of rotatable bonds is 2. The number of hydrogen-bond acceptors (Lipinski definition) is 5. The van der Waals surface area contributed by atoms with E-state index in [0.717, 1.165) is 0 Å². The summed E-state index contributed by atoms with van der Waals surface area (Å²) in [5, 5.41) is 0. The Morgan fingerprint density at radius 2 is 2.00 bits per heavy atom. The van der Waals surface area contributed by atoms with Gasteiger partial charge in [-0.3, -0.25) is 4.79 Å². The highest BCUT2D eigenvalue weighted by molar-refractivity contribution is 8.13. The van der Waals surface area contributed by atoms with Gasteiger partial charge in [0, 0.05) is 30.2 Å². The first-order valence-corrected chi connectivity index (χ1v) is 8.87. The van der Waals surface area contributed by atoms with Crippen molar-refractivity contribution < 1.29 is 22.7 Å². The fourth-order valence-electron chi connectivity index (χ4n) is 2.50. The van der Waals surface area contributed by atoms with Crippen LogP contribution in [0.5, 0.6) is 5.75 Å². The first-order chi connectivity index (χ1) is 9.95. The Morgan fingerprint density at radius 3 is 2.67 bits per heavy atom. The number of carbonyl (C=O) groups is 1. The molecule has 2 aliphatic rings. The summed E-state index contributed by atoms with van der Waals surface area (Å²) in [5.41, 5.74) is 0.684. The number of morpholine rings is 1. The molecule has 1 aromatic rings. The minimum absolute atomic E-state index is 0.0194. The summed E-state index contributed by atoms with van der Waals surface area (Å²) < 4.78 is 33.5. The summed E-state index contributed by atoms with van der Waals surface area (Å²) in [6.07, 6.45) is -0.252. The molecule has 1 amide bonds. The van der Waals surface area contributed by atoms with Gasteiger partial charge in [0.1, 0.15) is 5.75 Å². The zero-order valence-corrected chi connectivity index (χ0v) is 12.7. The Morgan fingerprint density at radius 1 is 1.29 bits per heavy atom. The van der Waals surface area contributed by atoms with Crippen LogP contribution >= 0.6 is 10.7 Å². The van der Waals surface area contributed by atoms with Gasteiger partial charge in [0.05, 0.1) is 18.1 Å². The molecular weight excluding hydrogens is 318 g/mol. The molecule has 0 N–H and O–H groups in total. The van der Waals surface area contributed by atoms with E-state index in [0.29, 0.717) is 44.0 Å². The van der Waals surface area contributed by atoms with Gasteiger partial charge in [-0.05, 0) is 23.8 Å². The number of fused-ring (bicyclic) bond motifs is 1. The van der Waals surface area contributed by atoms with Crippen molar-refractivity contribution >= 4 is 25.6 Å². The lowest BCUT2D eigenvalue weighted by Gasteiger charge is -2.28. The lowest BCUT2D eigenvalue weighted by atomic mass is 10.1. The van der Waals surface area contributed by atoms with Gasteiger partial charge >= 0.3 is 0 Å². The van der Waals surface area contributed by atoms with Crippen molar-refractivity contribution in [3.05, 3.63) is 23.8 Å². The van der Waals surface area contributed by atoms with Crippen LogP contribution in [0.2, 0.25) is 0 Å². The van der Waals surface area contributed by atoms with Crippen molar-refractivity contribution in [3.63, 3.8) is 0 Å². The Kier molecular flexibility index (Phi) is 3.81. The molecule has 6 nitrogen and oxygen atoms in total. The molecule has 1 saturated heterocycles. The van der Waals surface area contributed by atoms with E-state index in [9.17, 15) is 13.2 Å². The Balaban J connectivity index is 1.76. The quantitative estimate of drug-likeness (QED) is 0.749. The summed E-state index contributed by atoms with van der Waals surface area (Å²) in [6.45, 7) is 2.16. The topological polar surface area (TPSA) is 72.9 Å². The second-order valence-electron chi connectivity index (χ2n) is 4.96. The van der Waals surface area contributed by atoms with Gasteiger partial charge < -0.3 is 14.4 Å². The fraction of sp³-hybridized carbons (Fsp3) is 0.462. The zero-order chi connectivity index (χ0) is 15.0. The SMILES string of the molecule is O=C(C1Cc2cc(S(=O)(=O)Cl)ccc2O1)N1CCOCC1. The molecule has 0 aliphatic carbocycles. The molecule has 21 heavy (non-hydrogen) atoms. The van der Waals surface area contributed by atoms with Gasteiger partial charge in [0.25, 0.3) is 15.0 Å². The van der Waals surface area contributed by atoms with Crippen LogP contribution in [0.15, 0.2) is 23.1 Å². The van der Waals surface area contributed by atoms with E-state index in [-0.39, 0.29) is 10.8 Å². The van der Waals surface area contributed by atoms with Crippen LogP contribution < -0.4 is 4.74 Å². The lowest BCUT2D eigenvalue weighted by Crippen LogP contribution is -2.47. The fourth-order valence-corrected chi connectivity index (χ4v) is 3.30. The molecule has 0 saturated carbocycles. The minimum Gasteiger partial charge on any atom is -0.480 e. The van der Waals surface area contributed by atoms with Crippen LogP contribution in [0.1, 0.15) is 5.56 Å². The lowest BCUT2D eigenvalue weighted by molar-refractivity contribution is -0.142. The first kappa shape index (κ1) is 14.6. The van der Waals surface area contributed by atoms with Gasteiger partial charge in [-0.25, -0.2) is 8.42 Å². The van der Waals surface area contributed by atoms with Crippen LogP contribution in [0.4, 0.5) is 0 Å². The summed E-state index contributed by atoms with van der Waals surface area (Å²) >= 11 is 0. The van der Waals surface area contributed by atoms with Crippen molar-refractivity contribution in [2.24, 2.45) is 0 Å². The number of amides is 1. The minimum atomic E-state index is -3.78. The maximum absolute atomic E-state index is 12.4. The molecule has 0 spiro atoms. The van der Waals surface area contributed by atoms with Crippen LogP contribution in [-0.4, -0.2) is 51.6 Å². The van der Waals surface area contributed by atoms with Crippen LogP contribution in [0.25, 0.3) is 0 Å². The summed E-state index contributed by atoms with van der Waals surface area (Å²) in [7, 11) is 1.55. The average Bonchev–Trinajstić information content (AvgIpc) is 2.89. The molecule has 2 heterocycles. The van der Waals surface area contributed by atoms with Crippen molar-refractivity contribution in [2.45, 2.75) is 17.4 Å². The Hall–Kier alpha value is -1.31. The highest BCUT2D eigenvalue weighted by atomic mass is 35.7. The third-order valence-corrected chi connectivity index (χ3v) is 4.94. The molecule has 1 fully saturated rings. The Bertz CT molecular complexity index is 669. The highest BCUT2D eigenvalue weighted by Gasteiger charge is 2.33. The summed E-state index contributed by atoms with van der Waals surface area (Å²) in [4.78, 5) is 14.1. The molecular formula is C13H14ClNO5S. The molecule has 1 atom stereocenters. The summed E-state index contributed by atoms with van der Waals surface area (Å²) in [5.74, 6) is 0.440. The monoisotopic (exact) mass is 331 g/mol. The molecule has 0 radical (unpaired) electrons. The Labute approximate surface area is 127 Å². The van der Waals surface area contributed by atoms with Crippen molar-refractivity contribution in [2.75, 3.05) is 26.3 Å². The normalized spacial score (nSPS) is 21.8. The molecule has 1 aromatic carbocycles. The number of hydrogen-bond donors (Lipinski definition) is 0. The summed E-state index contributed by atoms with van der Waals surface area (Å²) in [6, 6.07) is 4.38. The average molecular weight is 332 g/mol. The molecule has 114 valence electrons. The van der Waals surface area contributed by atoms with Gasteiger partial charge in [-0.2, -0.15) is 0 Å². The maximum atomic E-state index is 12.4.